The molecule has 1 aliphatic heterocycles. The number of ether oxygens (including phenoxy) is 1. The van der Waals surface area contributed by atoms with E-state index in [9.17, 15) is 9.59 Å². The first-order valence-electron chi connectivity index (χ1n) is 8.64. The van der Waals surface area contributed by atoms with Gasteiger partial charge in [-0.15, -0.1) is 11.3 Å². The van der Waals surface area contributed by atoms with Crippen molar-refractivity contribution in [3.8, 4) is 0 Å². The van der Waals surface area contributed by atoms with Crippen LogP contribution in [-0.4, -0.2) is 33.8 Å². The highest BCUT2D eigenvalue weighted by Crippen LogP contribution is 2.25. The summed E-state index contributed by atoms with van der Waals surface area (Å²) in [4.78, 5) is 30.7. The van der Waals surface area contributed by atoms with Crippen molar-refractivity contribution < 1.29 is 9.53 Å². The van der Waals surface area contributed by atoms with Crippen LogP contribution in [0.5, 0.6) is 0 Å². The van der Waals surface area contributed by atoms with Crippen LogP contribution in [-0.2, 0) is 11.3 Å². The van der Waals surface area contributed by atoms with E-state index in [1.807, 2.05) is 18.2 Å². The highest BCUT2D eigenvalue weighted by Gasteiger charge is 2.21. The van der Waals surface area contributed by atoms with Crippen LogP contribution >= 0.6 is 34.7 Å². The highest BCUT2D eigenvalue weighted by atomic mass is 35.5. The molecule has 1 saturated heterocycles. The van der Waals surface area contributed by atoms with Gasteiger partial charge in [0, 0.05) is 6.61 Å². The number of aromatic nitrogens is 2. The molecule has 1 aliphatic rings. The normalized spacial score (nSPS) is 16.9. The third-order valence-electron chi connectivity index (χ3n) is 4.42. The summed E-state index contributed by atoms with van der Waals surface area (Å²) in [7, 11) is 0. The summed E-state index contributed by atoms with van der Waals surface area (Å²) in [6.07, 6.45) is 1.94. The van der Waals surface area contributed by atoms with Gasteiger partial charge in [0.2, 0.25) is 0 Å². The Balaban J connectivity index is 1.64. The maximum absolute atomic E-state index is 13.0. The summed E-state index contributed by atoms with van der Waals surface area (Å²) in [5.74, 6) is 0.177. The Kier molecular flexibility index (Phi) is 5.63. The summed E-state index contributed by atoms with van der Waals surface area (Å²) < 4.78 is 7.94. The zero-order chi connectivity index (χ0) is 18.8. The number of fused-ring (bicyclic) bond motifs is 1. The average Bonchev–Trinajstić information content (AvgIpc) is 3.34. The Hall–Kier alpha value is -1.67. The SMILES string of the molecule is O=C(CSc1nc2ccccc2c(=O)n1C[C@H]1CCCO1)c1ccc(Cl)s1. The van der Waals surface area contributed by atoms with Crippen molar-refractivity contribution in [2.24, 2.45) is 0 Å². The van der Waals surface area contributed by atoms with Gasteiger partial charge in [0.25, 0.3) is 5.56 Å². The number of benzene rings is 1. The molecule has 140 valence electrons. The van der Waals surface area contributed by atoms with Crippen LogP contribution in [0.3, 0.4) is 0 Å². The molecular formula is C19H17ClN2O3S2. The molecule has 1 fully saturated rings. The van der Waals surface area contributed by atoms with E-state index in [-0.39, 0.29) is 23.2 Å². The molecular weight excluding hydrogens is 404 g/mol. The lowest BCUT2D eigenvalue weighted by atomic mass is 10.2. The zero-order valence-corrected chi connectivity index (χ0v) is 16.8. The van der Waals surface area contributed by atoms with E-state index in [0.29, 0.717) is 31.8 Å². The summed E-state index contributed by atoms with van der Waals surface area (Å²) in [5.41, 5.74) is 0.547. The third kappa shape index (κ3) is 4.11. The molecule has 27 heavy (non-hydrogen) atoms. The van der Waals surface area contributed by atoms with E-state index >= 15 is 0 Å². The van der Waals surface area contributed by atoms with Crippen LogP contribution < -0.4 is 5.56 Å². The molecule has 3 aromatic rings. The summed E-state index contributed by atoms with van der Waals surface area (Å²) in [6.45, 7) is 1.18. The number of ketones is 1. The smallest absolute Gasteiger partial charge is 0.262 e. The molecule has 0 saturated carbocycles. The second-order valence-corrected chi connectivity index (χ2v) is 8.94. The molecule has 4 rings (SSSR count). The molecule has 0 amide bonds. The van der Waals surface area contributed by atoms with Gasteiger partial charge in [-0.05, 0) is 37.1 Å². The number of halogens is 1. The molecule has 2 aromatic heterocycles. The predicted molar refractivity (Wildman–Crippen MR) is 109 cm³/mol. The maximum Gasteiger partial charge on any atom is 0.262 e. The van der Waals surface area contributed by atoms with Crippen LogP contribution in [0, 0.1) is 0 Å². The lowest BCUT2D eigenvalue weighted by Crippen LogP contribution is -2.29. The molecule has 8 heteroatoms. The van der Waals surface area contributed by atoms with Gasteiger partial charge in [-0.1, -0.05) is 35.5 Å². The van der Waals surface area contributed by atoms with Crippen molar-refractivity contribution in [3.63, 3.8) is 0 Å². The first kappa shape index (κ1) is 18.7. The fourth-order valence-electron chi connectivity index (χ4n) is 3.08. The van der Waals surface area contributed by atoms with Crippen molar-refractivity contribution in [1.82, 2.24) is 9.55 Å². The summed E-state index contributed by atoms with van der Waals surface area (Å²) >= 11 is 8.46. The van der Waals surface area contributed by atoms with Crippen LogP contribution in [0.1, 0.15) is 22.5 Å². The molecule has 1 atom stereocenters. The standard InChI is InChI=1S/C19H17ClN2O3S2/c20-17-8-7-16(27-17)15(23)11-26-19-21-14-6-2-1-5-13(14)18(24)22(19)10-12-4-3-9-25-12/h1-2,5-8,12H,3-4,9-11H2/t12-/m1/s1. The topological polar surface area (TPSA) is 61.2 Å². The van der Waals surface area contributed by atoms with Crippen molar-refractivity contribution in [2.45, 2.75) is 30.6 Å². The molecule has 0 aliphatic carbocycles. The van der Waals surface area contributed by atoms with Crippen LogP contribution in [0.4, 0.5) is 0 Å². The van der Waals surface area contributed by atoms with Crippen molar-refractivity contribution in [3.05, 3.63) is 56.0 Å². The average molecular weight is 421 g/mol. The Morgan fingerprint density at radius 3 is 2.93 bits per heavy atom. The Labute approximate surface area is 169 Å². The minimum atomic E-state index is -0.0924. The van der Waals surface area contributed by atoms with Gasteiger partial charge in [0.05, 0.1) is 38.5 Å². The van der Waals surface area contributed by atoms with Crippen LogP contribution in [0.25, 0.3) is 10.9 Å². The molecule has 5 nitrogen and oxygen atoms in total. The van der Waals surface area contributed by atoms with Crippen LogP contribution in [0.15, 0.2) is 46.3 Å². The molecule has 0 radical (unpaired) electrons. The lowest BCUT2D eigenvalue weighted by Gasteiger charge is -2.16. The molecule has 0 bridgehead atoms. The van der Waals surface area contributed by atoms with Gasteiger partial charge in [0.15, 0.2) is 10.9 Å². The van der Waals surface area contributed by atoms with E-state index in [1.54, 1.807) is 22.8 Å². The van der Waals surface area contributed by atoms with E-state index in [4.69, 9.17) is 16.3 Å². The number of nitrogens with zero attached hydrogens (tertiary/aromatic N) is 2. The van der Waals surface area contributed by atoms with Gasteiger partial charge in [-0.2, -0.15) is 0 Å². The number of carbonyl (C=O) groups is 1. The minimum absolute atomic E-state index is 0.0109. The third-order valence-corrected chi connectivity index (χ3v) is 6.67. The number of Topliss-reactive ketones (excluding diaryl/α,β-unsaturated/α-hetero) is 1. The van der Waals surface area contributed by atoms with Gasteiger partial charge >= 0.3 is 0 Å². The fraction of sp³-hybridized carbons (Fsp3) is 0.316. The number of thioether (sulfide) groups is 1. The second kappa shape index (κ2) is 8.14. The molecule has 0 unspecified atom stereocenters. The number of hydrogen-bond acceptors (Lipinski definition) is 6. The minimum Gasteiger partial charge on any atom is -0.376 e. The molecule has 0 N–H and O–H groups in total. The highest BCUT2D eigenvalue weighted by molar-refractivity contribution is 7.99. The maximum atomic E-state index is 13.0. The lowest BCUT2D eigenvalue weighted by molar-refractivity contribution is 0.0937. The van der Waals surface area contributed by atoms with Crippen molar-refractivity contribution >= 4 is 51.4 Å². The van der Waals surface area contributed by atoms with Crippen LogP contribution in [0.2, 0.25) is 4.34 Å². The van der Waals surface area contributed by atoms with E-state index in [1.165, 1.54) is 23.1 Å². The van der Waals surface area contributed by atoms with Gasteiger partial charge in [-0.25, -0.2) is 4.98 Å². The molecule has 1 aromatic carbocycles. The van der Waals surface area contributed by atoms with Gasteiger partial charge < -0.3 is 4.74 Å². The second-order valence-electron chi connectivity index (χ2n) is 6.28. The molecule has 0 spiro atoms. The Morgan fingerprint density at radius 1 is 1.33 bits per heavy atom. The molecule has 3 heterocycles. The number of carbonyl (C=O) groups excluding carboxylic acids is 1. The van der Waals surface area contributed by atoms with Gasteiger partial charge in [0.1, 0.15) is 0 Å². The summed E-state index contributed by atoms with van der Waals surface area (Å²) in [5, 5.41) is 1.13. The van der Waals surface area contributed by atoms with Gasteiger partial charge in [-0.3, -0.25) is 14.2 Å². The van der Waals surface area contributed by atoms with Crippen molar-refractivity contribution in [2.75, 3.05) is 12.4 Å². The Morgan fingerprint density at radius 2 is 2.19 bits per heavy atom. The number of rotatable bonds is 6. The number of para-hydroxylation sites is 1. The van der Waals surface area contributed by atoms with E-state index in [2.05, 4.69) is 4.98 Å². The first-order valence-corrected chi connectivity index (χ1v) is 10.8. The largest absolute Gasteiger partial charge is 0.376 e. The quantitative estimate of drug-likeness (QED) is 0.338. The number of thiophene rings is 1. The van der Waals surface area contributed by atoms with Crippen molar-refractivity contribution in [1.29, 1.82) is 0 Å². The monoisotopic (exact) mass is 420 g/mol. The number of hydrogen-bond donors (Lipinski definition) is 0. The summed E-state index contributed by atoms with van der Waals surface area (Å²) in [6, 6.07) is 10.7. The predicted octanol–water partition coefficient (Wildman–Crippen LogP) is 4.27. The first-order chi connectivity index (χ1) is 13.1. The zero-order valence-electron chi connectivity index (χ0n) is 14.4. The Bertz CT molecular complexity index is 1040. The van der Waals surface area contributed by atoms with E-state index in [0.717, 1.165) is 19.4 Å². The van der Waals surface area contributed by atoms with E-state index < -0.39 is 0 Å². The fourth-order valence-corrected chi connectivity index (χ4v) is 5.04.